The smallest absolute Gasteiger partial charge is 0.191 e. The normalized spacial score (nSPS) is 28.9. The zero-order valence-electron chi connectivity index (χ0n) is 12.1. The first kappa shape index (κ1) is 13.8. The van der Waals surface area contributed by atoms with Crippen molar-refractivity contribution in [2.45, 2.75) is 50.9 Å². The first-order valence-electron chi connectivity index (χ1n) is 7.28. The van der Waals surface area contributed by atoms with E-state index >= 15 is 0 Å². The number of aryl methyl sites for hydroxylation is 1. The van der Waals surface area contributed by atoms with Gasteiger partial charge in [-0.05, 0) is 26.2 Å². The van der Waals surface area contributed by atoms with Gasteiger partial charge in [-0.2, -0.15) is 0 Å². The summed E-state index contributed by atoms with van der Waals surface area (Å²) in [6, 6.07) is 0.419. The summed E-state index contributed by atoms with van der Waals surface area (Å²) in [5.74, 6) is 0.874. The molecule has 110 valence electrons. The lowest BCUT2D eigenvalue weighted by Gasteiger charge is -2.22. The highest BCUT2D eigenvalue weighted by Gasteiger charge is 2.41. The lowest BCUT2D eigenvalue weighted by molar-refractivity contribution is 0.0992. The molecular weight excluding hydrogens is 272 g/mol. The van der Waals surface area contributed by atoms with Crippen LogP contribution in [-0.2, 0) is 11.2 Å². The number of aliphatic imine (C=N–C) groups is 1. The number of thiazole rings is 1. The lowest BCUT2D eigenvalue weighted by Crippen LogP contribution is -2.47. The maximum atomic E-state index is 5.85. The largest absolute Gasteiger partial charge is 0.373 e. The standard InChI is InChI=1S/C14H22N4OS/c1-9-8-17-13(20-9)5-6-16-14(15-2)18-11-7-10-3-4-12(11)19-10/h8,10-12H,3-7H2,1-2H3,(H2,15,16,18). The molecule has 2 saturated heterocycles. The molecule has 2 fully saturated rings. The van der Waals surface area contributed by atoms with Crippen LogP contribution in [0.4, 0.5) is 0 Å². The van der Waals surface area contributed by atoms with Gasteiger partial charge < -0.3 is 15.4 Å². The van der Waals surface area contributed by atoms with E-state index in [1.165, 1.54) is 22.7 Å². The van der Waals surface area contributed by atoms with Crippen LogP contribution < -0.4 is 10.6 Å². The molecule has 3 rings (SSSR count). The van der Waals surface area contributed by atoms with E-state index in [0.29, 0.717) is 18.2 Å². The van der Waals surface area contributed by atoms with Gasteiger partial charge in [-0.3, -0.25) is 4.99 Å². The number of ether oxygens (including phenoxy) is 1. The second kappa shape index (κ2) is 6.10. The Kier molecular flexibility index (Phi) is 4.21. The van der Waals surface area contributed by atoms with Gasteiger partial charge in [0.1, 0.15) is 0 Å². The third-order valence-electron chi connectivity index (χ3n) is 3.95. The number of aromatic nitrogens is 1. The van der Waals surface area contributed by atoms with E-state index in [9.17, 15) is 0 Å². The Bertz CT molecular complexity index is 487. The molecule has 20 heavy (non-hydrogen) atoms. The quantitative estimate of drug-likeness (QED) is 0.652. The molecule has 1 aromatic heterocycles. The van der Waals surface area contributed by atoms with Crippen LogP contribution in [0.2, 0.25) is 0 Å². The molecule has 1 aromatic rings. The summed E-state index contributed by atoms with van der Waals surface area (Å²) in [5.41, 5.74) is 0. The molecule has 3 unspecified atom stereocenters. The molecule has 0 aromatic carbocycles. The Morgan fingerprint density at radius 1 is 1.55 bits per heavy atom. The second-order valence-corrected chi connectivity index (χ2v) is 6.79. The summed E-state index contributed by atoms with van der Waals surface area (Å²) in [4.78, 5) is 9.93. The van der Waals surface area contributed by atoms with Gasteiger partial charge in [-0.25, -0.2) is 4.98 Å². The minimum atomic E-state index is 0.375. The van der Waals surface area contributed by atoms with Crippen LogP contribution in [0, 0.1) is 6.92 Å². The summed E-state index contributed by atoms with van der Waals surface area (Å²) in [6.45, 7) is 2.94. The summed E-state index contributed by atoms with van der Waals surface area (Å²) in [6.07, 6.45) is 7.22. The third-order valence-corrected chi connectivity index (χ3v) is 4.92. The van der Waals surface area contributed by atoms with Gasteiger partial charge in [0, 0.05) is 31.1 Å². The number of nitrogens with zero attached hydrogens (tertiary/aromatic N) is 2. The van der Waals surface area contributed by atoms with E-state index in [2.05, 4.69) is 27.5 Å². The molecule has 3 heterocycles. The van der Waals surface area contributed by atoms with Crippen LogP contribution in [0.1, 0.15) is 29.1 Å². The fourth-order valence-electron chi connectivity index (χ4n) is 2.96. The van der Waals surface area contributed by atoms with Crippen molar-refractivity contribution in [2.24, 2.45) is 4.99 Å². The van der Waals surface area contributed by atoms with Crippen molar-refractivity contribution in [3.05, 3.63) is 16.1 Å². The molecule has 2 N–H and O–H groups in total. The zero-order valence-corrected chi connectivity index (χ0v) is 12.9. The molecule has 0 spiro atoms. The number of hydrogen-bond acceptors (Lipinski definition) is 4. The summed E-state index contributed by atoms with van der Waals surface area (Å²) < 4.78 is 5.85. The van der Waals surface area contributed by atoms with Crippen LogP contribution in [-0.4, -0.2) is 42.8 Å². The van der Waals surface area contributed by atoms with Crippen molar-refractivity contribution in [1.82, 2.24) is 15.6 Å². The van der Waals surface area contributed by atoms with Crippen molar-refractivity contribution in [2.75, 3.05) is 13.6 Å². The molecule has 2 aliphatic heterocycles. The Balaban J connectivity index is 1.43. The molecule has 0 radical (unpaired) electrons. The fourth-order valence-corrected chi connectivity index (χ4v) is 3.75. The van der Waals surface area contributed by atoms with E-state index in [0.717, 1.165) is 25.3 Å². The van der Waals surface area contributed by atoms with E-state index in [1.54, 1.807) is 11.3 Å². The number of guanidine groups is 1. The Morgan fingerprint density at radius 2 is 2.45 bits per heavy atom. The Morgan fingerprint density at radius 3 is 3.05 bits per heavy atom. The van der Waals surface area contributed by atoms with Crippen LogP contribution in [0.3, 0.4) is 0 Å². The van der Waals surface area contributed by atoms with Crippen LogP contribution in [0.5, 0.6) is 0 Å². The summed E-state index contributed by atoms with van der Waals surface area (Å²) in [7, 11) is 1.82. The van der Waals surface area contributed by atoms with Crippen LogP contribution >= 0.6 is 11.3 Å². The van der Waals surface area contributed by atoms with Crippen molar-refractivity contribution < 1.29 is 4.74 Å². The van der Waals surface area contributed by atoms with Gasteiger partial charge in [-0.15, -0.1) is 11.3 Å². The van der Waals surface area contributed by atoms with E-state index < -0.39 is 0 Å². The highest BCUT2D eigenvalue weighted by molar-refractivity contribution is 7.11. The molecule has 2 aliphatic rings. The van der Waals surface area contributed by atoms with Crippen molar-refractivity contribution >= 4 is 17.3 Å². The highest BCUT2D eigenvalue weighted by Crippen LogP contribution is 2.34. The van der Waals surface area contributed by atoms with Crippen molar-refractivity contribution in [3.63, 3.8) is 0 Å². The maximum absolute atomic E-state index is 5.85. The molecular formula is C14H22N4OS. The predicted molar refractivity (Wildman–Crippen MR) is 81.4 cm³/mol. The van der Waals surface area contributed by atoms with Crippen molar-refractivity contribution in [1.29, 1.82) is 0 Å². The molecule has 2 bridgehead atoms. The van der Waals surface area contributed by atoms with Gasteiger partial charge in [-0.1, -0.05) is 0 Å². The van der Waals surface area contributed by atoms with Gasteiger partial charge in [0.15, 0.2) is 5.96 Å². The summed E-state index contributed by atoms with van der Waals surface area (Å²) in [5, 5.41) is 8.02. The molecule has 0 aliphatic carbocycles. The Labute approximate surface area is 123 Å². The number of nitrogens with one attached hydrogen (secondary N) is 2. The SMILES string of the molecule is CN=C(NCCc1ncc(C)s1)NC1CC2CCC1O2. The lowest BCUT2D eigenvalue weighted by atomic mass is 9.96. The van der Waals surface area contributed by atoms with E-state index in [-0.39, 0.29) is 0 Å². The van der Waals surface area contributed by atoms with E-state index in [4.69, 9.17) is 4.74 Å². The van der Waals surface area contributed by atoms with Gasteiger partial charge in [0.25, 0.3) is 0 Å². The highest BCUT2D eigenvalue weighted by atomic mass is 32.1. The summed E-state index contributed by atoms with van der Waals surface area (Å²) >= 11 is 1.76. The monoisotopic (exact) mass is 294 g/mol. The fraction of sp³-hybridized carbons (Fsp3) is 0.714. The number of hydrogen-bond donors (Lipinski definition) is 2. The minimum Gasteiger partial charge on any atom is -0.373 e. The van der Waals surface area contributed by atoms with Crippen LogP contribution in [0.15, 0.2) is 11.2 Å². The average Bonchev–Trinajstić information content (AvgIpc) is 3.14. The van der Waals surface area contributed by atoms with Gasteiger partial charge in [0.2, 0.25) is 0 Å². The van der Waals surface area contributed by atoms with Crippen LogP contribution in [0.25, 0.3) is 0 Å². The number of rotatable bonds is 4. The van der Waals surface area contributed by atoms with E-state index in [1.807, 2.05) is 13.2 Å². The first-order chi connectivity index (χ1) is 9.74. The Hall–Kier alpha value is -1.14. The minimum absolute atomic E-state index is 0.375. The predicted octanol–water partition coefficient (Wildman–Crippen LogP) is 1.48. The molecule has 3 atom stereocenters. The van der Waals surface area contributed by atoms with Gasteiger partial charge >= 0.3 is 0 Å². The second-order valence-electron chi connectivity index (χ2n) is 5.47. The first-order valence-corrected chi connectivity index (χ1v) is 8.10. The van der Waals surface area contributed by atoms with Gasteiger partial charge in [0.05, 0.1) is 23.3 Å². The van der Waals surface area contributed by atoms with Crippen molar-refractivity contribution in [3.8, 4) is 0 Å². The molecule has 5 nitrogen and oxygen atoms in total. The topological polar surface area (TPSA) is 58.5 Å². The maximum Gasteiger partial charge on any atom is 0.191 e. The molecule has 6 heteroatoms. The molecule has 0 saturated carbocycles. The molecule has 0 amide bonds. The average molecular weight is 294 g/mol. The zero-order chi connectivity index (χ0) is 13.9. The third kappa shape index (κ3) is 3.12. The number of fused-ring (bicyclic) bond motifs is 2.